The summed E-state index contributed by atoms with van der Waals surface area (Å²) >= 11 is 0. The molecule has 0 amide bonds. The van der Waals surface area contributed by atoms with Gasteiger partial charge < -0.3 is 0 Å². The van der Waals surface area contributed by atoms with Crippen molar-refractivity contribution >= 4 is 16.5 Å². The fourth-order valence-electron chi connectivity index (χ4n) is 8.28. The minimum absolute atomic E-state index is 0.596. The molecule has 8 aromatic carbocycles. The summed E-state index contributed by atoms with van der Waals surface area (Å²) in [4.78, 5) is 19.0. The molecule has 1 aliphatic carbocycles. The highest BCUT2D eigenvalue weighted by Gasteiger charge is 2.46. The zero-order valence-corrected chi connectivity index (χ0v) is 29.8. The third-order valence-corrected chi connectivity index (χ3v) is 10.8. The highest BCUT2D eigenvalue weighted by atomic mass is 15.0. The summed E-state index contributed by atoms with van der Waals surface area (Å²) in [6.45, 7) is 8.13. The molecule has 55 heavy (non-hydrogen) atoms. The van der Waals surface area contributed by atoms with Gasteiger partial charge in [0.25, 0.3) is 0 Å². The van der Waals surface area contributed by atoms with Crippen LogP contribution < -0.4 is 0 Å². The van der Waals surface area contributed by atoms with Crippen LogP contribution in [0.2, 0.25) is 0 Å². The third-order valence-electron chi connectivity index (χ3n) is 10.8. The molecule has 0 radical (unpaired) electrons. The Kier molecular flexibility index (Phi) is 7.71. The zero-order chi connectivity index (χ0) is 36.8. The quantitative estimate of drug-likeness (QED) is 0.162. The molecule has 9 aromatic rings. The molecule has 0 aliphatic heterocycles. The van der Waals surface area contributed by atoms with Gasteiger partial charge in [-0.3, -0.25) is 0 Å². The van der Waals surface area contributed by atoms with Gasteiger partial charge in [-0.15, -0.1) is 0 Å². The van der Waals surface area contributed by atoms with Crippen LogP contribution in [0.4, 0.5) is 5.69 Å². The summed E-state index contributed by atoms with van der Waals surface area (Å²) in [5.74, 6) is 1.88. The molecule has 0 unspecified atom stereocenters. The van der Waals surface area contributed by atoms with E-state index in [-0.39, 0.29) is 0 Å². The van der Waals surface area contributed by atoms with Gasteiger partial charge in [0, 0.05) is 16.7 Å². The normalized spacial score (nSPS) is 12.5. The first-order valence-corrected chi connectivity index (χ1v) is 18.4. The van der Waals surface area contributed by atoms with Gasteiger partial charge in [0.1, 0.15) is 0 Å². The van der Waals surface area contributed by atoms with Gasteiger partial charge in [0.05, 0.1) is 12.0 Å². The molecule has 256 valence electrons. The predicted octanol–water partition coefficient (Wildman–Crippen LogP) is 12.6. The Hall–Kier alpha value is -7.48. The van der Waals surface area contributed by atoms with E-state index >= 15 is 0 Å². The fraction of sp³-hybridized carbons (Fsp3) is 0.0196. The van der Waals surface area contributed by atoms with Crippen LogP contribution in [-0.4, -0.2) is 15.0 Å². The minimum Gasteiger partial charge on any atom is -0.238 e. The Morgan fingerprint density at radius 3 is 1.56 bits per heavy atom. The smallest absolute Gasteiger partial charge is 0.195 e. The maximum Gasteiger partial charge on any atom is 0.195 e. The van der Waals surface area contributed by atoms with E-state index in [4.69, 9.17) is 21.5 Å². The monoisotopic (exact) mass is 700 g/mol. The molecule has 4 heteroatoms. The maximum absolute atomic E-state index is 8.13. The maximum atomic E-state index is 8.13. The highest BCUT2D eigenvalue weighted by Crippen LogP contribution is 2.59. The molecule has 1 aromatic heterocycles. The van der Waals surface area contributed by atoms with Gasteiger partial charge in [-0.1, -0.05) is 182 Å². The Morgan fingerprint density at radius 1 is 0.382 bits per heavy atom. The first-order chi connectivity index (χ1) is 27.2. The summed E-state index contributed by atoms with van der Waals surface area (Å²) in [6, 6.07) is 67.5. The van der Waals surface area contributed by atoms with Crippen molar-refractivity contribution in [1.82, 2.24) is 15.0 Å². The Labute approximate surface area is 319 Å². The Balaban J connectivity index is 1.11. The van der Waals surface area contributed by atoms with Crippen molar-refractivity contribution in [1.29, 1.82) is 0 Å². The van der Waals surface area contributed by atoms with Crippen molar-refractivity contribution < 1.29 is 0 Å². The lowest BCUT2D eigenvalue weighted by molar-refractivity contribution is 0.769. The van der Waals surface area contributed by atoms with Crippen LogP contribution in [0, 0.1) is 6.57 Å². The zero-order valence-electron chi connectivity index (χ0n) is 29.8. The third kappa shape index (κ3) is 5.33. The number of rotatable bonds is 6. The van der Waals surface area contributed by atoms with Crippen molar-refractivity contribution in [2.24, 2.45) is 0 Å². The average molecular weight is 701 g/mol. The average Bonchev–Trinajstić information content (AvgIpc) is 3.57. The standard InChI is InChI=1S/C51H32N4/c1-52-46-23-13-22-44-47(46)43-31-30-39(33-45(43)51(44,41-18-7-3-8-19-41)42-20-9-4-10-21-42)35-24-27-37(28-25-35)49-53-48(36-15-5-2-6-16-36)54-50(55-49)40-29-26-34-14-11-12-17-38(34)32-40/h2-33H. The molecule has 10 rings (SSSR count). The lowest BCUT2D eigenvalue weighted by Crippen LogP contribution is -2.28. The van der Waals surface area contributed by atoms with Crippen LogP contribution in [-0.2, 0) is 5.41 Å². The lowest BCUT2D eigenvalue weighted by atomic mass is 9.67. The van der Waals surface area contributed by atoms with Gasteiger partial charge in [0.15, 0.2) is 23.2 Å². The number of benzene rings is 8. The molecular weight excluding hydrogens is 669 g/mol. The first kappa shape index (κ1) is 32.2. The van der Waals surface area contributed by atoms with Crippen LogP contribution >= 0.6 is 0 Å². The van der Waals surface area contributed by atoms with E-state index in [2.05, 4.69) is 157 Å². The lowest BCUT2D eigenvalue weighted by Gasteiger charge is -2.34. The Bertz CT molecular complexity index is 2870. The highest BCUT2D eigenvalue weighted by molar-refractivity contribution is 5.95. The summed E-state index contributed by atoms with van der Waals surface area (Å²) in [5.41, 5.74) is 11.8. The molecule has 1 heterocycles. The van der Waals surface area contributed by atoms with Crippen LogP contribution in [0.15, 0.2) is 194 Å². The molecule has 0 N–H and O–H groups in total. The van der Waals surface area contributed by atoms with Crippen LogP contribution in [0.3, 0.4) is 0 Å². The fourth-order valence-corrected chi connectivity index (χ4v) is 8.28. The second-order valence-electron chi connectivity index (χ2n) is 13.9. The molecule has 1 aliphatic rings. The van der Waals surface area contributed by atoms with E-state index in [1.807, 2.05) is 42.5 Å². The summed E-state index contributed by atoms with van der Waals surface area (Å²) in [5, 5.41) is 2.31. The SMILES string of the molecule is [C-]#[N+]c1cccc2c1-c1ccc(-c3ccc(-c4nc(-c5ccccc5)nc(-c5ccc6ccccc6c5)n4)cc3)cc1C2(c1ccccc1)c1ccccc1. The van der Waals surface area contributed by atoms with Crippen molar-refractivity contribution in [3.8, 4) is 56.4 Å². The predicted molar refractivity (Wildman–Crippen MR) is 223 cm³/mol. The number of nitrogens with zero attached hydrogens (tertiary/aromatic N) is 4. The van der Waals surface area contributed by atoms with Gasteiger partial charge >= 0.3 is 0 Å². The summed E-state index contributed by atoms with van der Waals surface area (Å²) in [6.07, 6.45) is 0. The molecule has 0 saturated carbocycles. The van der Waals surface area contributed by atoms with Crippen molar-refractivity contribution in [2.45, 2.75) is 5.41 Å². The molecule has 0 fully saturated rings. The Morgan fingerprint density at radius 2 is 0.909 bits per heavy atom. The first-order valence-electron chi connectivity index (χ1n) is 18.4. The molecule has 0 spiro atoms. The molecule has 4 nitrogen and oxygen atoms in total. The van der Waals surface area contributed by atoms with Crippen molar-refractivity contribution in [3.63, 3.8) is 0 Å². The molecule has 0 atom stereocenters. The number of hydrogen-bond acceptors (Lipinski definition) is 3. The summed E-state index contributed by atoms with van der Waals surface area (Å²) < 4.78 is 0. The number of fused-ring (bicyclic) bond motifs is 4. The van der Waals surface area contributed by atoms with E-state index in [1.54, 1.807) is 0 Å². The number of aromatic nitrogens is 3. The molecular formula is C51H32N4. The van der Waals surface area contributed by atoms with E-state index in [0.29, 0.717) is 23.2 Å². The van der Waals surface area contributed by atoms with E-state index in [0.717, 1.165) is 49.9 Å². The minimum atomic E-state index is -0.596. The van der Waals surface area contributed by atoms with Gasteiger partial charge in [-0.25, -0.2) is 19.8 Å². The molecule has 0 saturated heterocycles. The van der Waals surface area contributed by atoms with Crippen molar-refractivity contribution in [2.75, 3.05) is 0 Å². The van der Waals surface area contributed by atoms with E-state index in [9.17, 15) is 0 Å². The van der Waals surface area contributed by atoms with Crippen molar-refractivity contribution in [3.05, 3.63) is 228 Å². The van der Waals surface area contributed by atoms with Crippen LogP contribution in [0.25, 0.3) is 72.0 Å². The molecule has 0 bridgehead atoms. The van der Waals surface area contributed by atoms with Gasteiger partial charge in [-0.2, -0.15) is 0 Å². The van der Waals surface area contributed by atoms with Crippen LogP contribution in [0.5, 0.6) is 0 Å². The summed E-state index contributed by atoms with van der Waals surface area (Å²) in [7, 11) is 0. The second-order valence-corrected chi connectivity index (χ2v) is 13.9. The largest absolute Gasteiger partial charge is 0.238 e. The topological polar surface area (TPSA) is 43.0 Å². The number of hydrogen-bond donors (Lipinski definition) is 0. The van der Waals surface area contributed by atoms with E-state index in [1.165, 1.54) is 22.1 Å². The second kappa shape index (κ2) is 13.2. The van der Waals surface area contributed by atoms with Gasteiger partial charge in [-0.05, 0) is 67.4 Å². The van der Waals surface area contributed by atoms with Crippen LogP contribution in [0.1, 0.15) is 22.3 Å². The van der Waals surface area contributed by atoms with E-state index < -0.39 is 5.41 Å². The van der Waals surface area contributed by atoms with Gasteiger partial charge in [0.2, 0.25) is 0 Å².